The lowest BCUT2D eigenvalue weighted by molar-refractivity contribution is -0.123. The van der Waals surface area contributed by atoms with E-state index in [1.807, 2.05) is 48.5 Å². The SMILES string of the molecule is N#Cc1ccccc1CSCCNC(=O)C[C@H]1Sc2ccccc2NC1=O. The lowest BCUT2D eigenvalue weighted by Gasteiger charge is -2.23. The largest absolute Gasteiger partial charge is 0.355 e. The van der Waals surface area contributed by atoms with Crippen molar-refractivity contribution in [1.82, 2.24) is 5.32 Å². The van der Waals surface area contributed by atoms with Crippen molar-refractivity contribution in [1.29, 1.82) is 5.26 Å². The molecule has 7 heteroatoms. The summed E-state index contributed by atoms with van der Waals surface area (Å²) < 4.78 is 0. The molecule has 2 amide bonds. The molecule has 138 valence electrons. The first kappa shape index (κ1) is 19.3. The molecule has 2 N–H and O–H groups in total. The Morgan fingerprint density at radius 2 is 2.00 bits per heavy atom. The smallest absolute Gasteiger partial charge is 0.238 e. The molecular formula is C20H19N3O2S2. The van der Waals surface area contributed by atoms with E-state index >= 15 is 0 Å². The van der Waals surface area contributed by atoms with Crippen molar-refractivity contribution >= 4 is 41.0 Å². The van der Waals surface area contributed by atoms with E-state index in [2.05, 4.69) is 16.7 Å². The zero-order valence-electron chi connectivity index (χ0n) is 14.6. The Morgan fingerprint density at radius 1 is 1.22 bits per heavy atom. The Hall–Kier alpha value is -2.43. The van der Waals surface area contributed by atoms with Gasteiger partial charge in [-0.1, -0.05) is 30.3 Å². The first-order valence-electron chi connectivity index (χ1n) is 8.56. The summed E-state index contributed by atoms with van der Waals surface area (Å²) in [5, 5.41) is 14.4. The molecule has 0 aliphatic carbocycles. The second kappa shape index (κ2) is 9.49. The molecule has 0 saturated carbocycles. The fraction of sp³-hybridized carbons (Fsp3) is 0.250. The molecular weight excluding hydrogens is 378 g/mol. The maximum Gasteiger partial charge on any atom is 0.238 e. The van der Waals surface area contributed by atoms with Gasteiger partial charge in [0.1, 0.15) is 0 Å². The van der Waals surface area contributed by atoms with E-state index in [4.69, 9.17) is 5.26 Å². The van der Waals surface area contributed by atoms with Gasteiger partial charge in [0.25, 0.3) is 0 Å². The average Bonchev–Trinajstić information content (AvgIpc) is 2.68. The third-order valence-corrected chi connectivity index (χ3v) is 6.32. The zero-order chi connectivity index (χ0) is 19.1. The molecule has 0 unspecified atom stereocenters. The summed E-state index contributed by atoms with van der Waals surface area (Å²) in [4.78, 5) is 25.3. The van der Waals surface area contributed by atoms with Crippen LogP contribution in [0, 0.1) is 11.3 Å². The van der Waals surface area contributed by atoms with Crippen LogP contribution < -0.4 is 10.6 Å². The number of nitriles is 1. The minimum atomic E-state index is -0.407. The zero-order valence-corrected chi connectivity index (χ0v) is 16.2. The highest BCUT2D eigenvalue weighted by Crippen LogP contribution is 2.36. The number of fused-ring (bicyclic) bond motifs is 1. The van der Waals surface area contributed by atoms with Crippen LogP contribution >= 0.6 is 23.5 Å². The van der Waals surface area contributed by atoms with E-state index in [0.29, 0.717) is 12.1 Å². The van der Waals surface area contributed by atoms with Crippen molar-refractivity contribution in [2.45, 2.75) is 22.3 Å². The number of thioether (sulfide) groups is 2. The fourth-order valence-corrected chi connectivity index (χ4v) is 4.64. The van der Waals surface area contributed by atoms with E-state index in [-0.39, 0.29) is 18.2 Å². The molecule has 0 bridgehead atoms. The molecule has 0 spiro atoms. The summed E-state index contributed by atoms with van der Waals surface area (Å²) in [6, 6.07) is 17.3. The van der Waals surface area contributed by atoms with Crippen LogP contribution in [0.3, 0.4) is 0 Å². The maximum absolute atomic E-state index is 12.1. The van der Waals surface area contributed by atoms with E-state index in [9.17, 15) is 9.59 Å². The molecule has 0 aromatic heterocycles. The number of nitrogens with one attached hydrogen (secondary N) is 2. The molecule has 0 fully saturated rings. The highest BCUT2D eigenvalue weighted by molar-refractivity contribution is 8.01. The third-order valence-electron chi connectivity index (χ3n) is 4.04. The maximum atomic E-state index is 12.1. The van der Waals surface area contributed by atoms with Crippen LogP contribution in [0.1, 0.15) is 17.5 Å². The van der Waals surface area contributed by atoms with Gasteiger partial charge in [-0.25, -0.2) is 0 Å². The van der Waals surface area contributed by atoms with Gasteiger partial charge in [-0.3, -0.25) is 9.59 Å². The van der Waals surface area contributed by atoms with E-state index in [1.165, 1.54) is 11.8 Å². The Kier molecular flexibility index (Phi) is 6.80. The molecule has 2 aromatic carbocycles. The third kappa shape index (κ3) is 5.28. The van der Waals surface area contributed by atoms with Crippen molar-refractivity contribution in [2.24, 2.45) is 0 Å². The fourth-order valence-electron chi connectivity index (χ4n) is 2.67. The molecule has 0 saturated heterocycles. The number of anilines is 1. The number of hydrogen-bond donors (Lipinski definition) is 2. The minimum Gasteiger partial charge on any atom is -0.355 e. The van der Waals surface area contributed by atoms with Crippen molar-refractivity contribution < 1.29 is 9.59 Å². The number of carbonyl (C=O) groups excluding carboxylic acids is 2. The monoisotopic (exact) mass is 397 g/mol. The summed E-state index contributed by atoms with van der Waals surface area (Å²) in [7, 11) is 0. The Bertz CT molecular complexity index is 880. The number of amides is 2. The number of nitrogens with zero attached hydrogens (tertiary/aromatic N) is 1. The number of benzene rings is 2. The van der Waals surface area contributed by atoms with Crippen molar-refractivity contribution in [3.05, 3.63) is 59.7 Å². The molecule has 1 atom stereocenters. The van der Waals surface area contributed by atoms with Crippen molar-refractivity contribution in [2.75, 3.05) is 17.6 Å². The van der Waals surface area contributed by atoms with Crippen LogP contribution in [-0.2, 0) is 15.3 Å². The second-order valence-corrected chi connectivity index (χ2v) is 8.32. The first-order valence-corrected chi connectivity index (χ1v) is 10.6. The van der Waals surface area contributed by atoms with Gasteiger partial charge >= 0.3 is 0 Å². The number of hydrogen-bond acceptors (Lipinski definition) is 5. The summed E-state index contributed by atoms with van der Waals surface area (Å²) in [5.41, 5.74) is 2.50. The van der Waals surface area contributed by atoms with Gasteiger partial charge in [-0.05, 0) is 23.8 Å². The predicted octanol–water partition coefficient (Wildman–Crippen LogP) is 3.41. The lowest BCUT2D eigenvalue weighted by Crippen LogP contribution is -2.35. The van der Waals surface area contributed by atoms with Crippen LogP contribution in [-0.4, -0.2) is 29.4 Å². The topological polar surface area (TPSA) is 82.0 Å². The van der Waals surface area contributed by atoms with E-state index in [0.717, 1.165) is 27.7 Å². The summed E-state index contributed by atoms with van der Waals surface area (Å²) in [5.74, 6) is 1.23. The highest BCUT2D eigenvalue weighted by atomic mass is 32.2. The van der Waals surface area contributed by atoms with Gasteiger partial charge < -0.3 is 10.6 Å². The average molecular weight is 398 g/mol. The van der Waals surface area contributed by atoms with Gasteiger partial charge in [0, 0.05) is 29.4 Å². The van der Waals surface area contributed by atoms with Crippen LogP contribution in [0.25, 0.3) is 0 Å². The number of carbonyl (C=O) groups is 2. The second-order valence-electron chi connectivity index (χ2n) is 5.97. The molecule has 1 aliphatic rings. The summed E-state index contributed by atoms with van der Waals surface area (Å²) >= 11 is 3.09. The molecule has 1 heterocycles. The molecule has 3 rings (SSSR count). The van der Waals surface area contributed by atoms with Gasteiger partial charge in [0.15, 0.2) is 0 Å². The number of rotatable bonds is 7. The van der Waals surface area contributed by atoms with Crippen molar-refractivity contribution in [3.63, 3.8) is 0 Å². The normalized spacial score (nSPS) is 15.4. The molecule has 27 heavy (non-hydrogen) atoms. The Labute approximate surface area is 166 Å². The standard InChI is InChI=1S/C20H19N3O2S2/c21-12-14-5-1-2-6-15(14)13-26-10-9-22-19(24)11-18-20(25)23-16-7-3-4-8-17(16)27-18/h1-8,18H,9-11,13H2,(H,22,24)(H,23,25)/t18-/m1/s1. The van der Waals surface area contributed by atoms with Crippen LogP contribution in [0.5, 0.6) is 0 Å². The molecule has 2 aromatic rings. The molecule has 1 aliphatic heterocycles. The highest BCUT2D eigenvalue weighted by Gasteiger charge is 2.28. The number of para-hydroxylation sites is 1. The van der Waals surface area contributed by atoms with Crippen molar-refractivity contribution in [3.8, 4) is 6.07 Å². The first-order chi connectivity index (χ1) is 13.2. The molecule has 5 nitrogen and oxygen atoms in total. The van der Waals surface area contributed by atoms with Gasteiger partial charge in [0.05, 0.1) is 22.6 Å². The van der Waals surface area contributed by atoms with Gasteiger partial charge in [-0.15, -0.1) is 11.8 Å². The quantitative estimate of drug-likeness (QED) is 0.700. The van der Waals surface area contributed by atoms with Gasteiger partial charge in [-0.2, -0.15) is 17.0 Å². The van der Waals surface area contributed by atoms with Gasteiger partial charge in [0.2, 0.25) is 11.8 Å². The summed E-state index contributed by atoms with van der Waals surface area (Å²) in [6.45, 7) is 0.536. The van der Waals surface area contributed by atoms with Crippen LogP contribution in [0.15, 0.2) is 53.4 Å². The van der Waals surface area contributed by atoms with E-state index < -0.39 is 5.25 Å². The summed E-state index contributed by atoms with van der Waals surface area (Å²) in [6.07, 6.45) is 0.159. The predicted molar refractivity (Wildman–Crippen MR) is 110 cm³/mol. The van der Waals surface area contributed by atoms with Crippen LogP contribution in [0.4, 0.5) is 5.69 Å². The minimum absolute atomic E-state index is 0.125. The van der Waals surface area contributed by atoms with Crippen LogP contribution in [0.2, 0.25) is 0 Å². The van der Waals surface area contributed by atoms with E-state index in [1.54, 1.807) is 11.8 Å². The lowest BCUT2D eigenvalue weighted by atomic mass is 10.1. The molecule has 0 radical (unpaired) electrons. The Morgan fingerprint density at radius 3 is 2.85 bits per heavy atom. The Balaban J connectivity index is 1.39.